The number of ether oxygens (including phenoxy) is 2. The third-order valence-electron chi connectivity index (χ3n) is 4.33. The number of nitrogens with zero attached hydrogens (tertiary/aromatic N) is 1. The smallest absolute Gasteiger partial charge is 0.228 e. The molecule has 1 aromatic carbocycles. The summed E-state index contributed by atoms with van der Waals surface area (Å²) in [4.78, 5) is 16.6. The number of aromatic nitrogens is 1. The number of nitrogens with one attached hydrogen (secondary N) is 1. The summed E-state index contributed by atoms with van der Waals surface area (Å²) in [6.45, 7) is 2.01. The number of fused-ring (bicyclic) bond motifs is 1. The molecule has 3 rings (SSSR count). The lowest BCUT2D eigenvalue weighted by atomic mass is 9.82. The van der Waals surface area contributed by atoms with Gasteiger partial charge < -0.3 is 14.8 Å². The summed E-state index contributed by atoms with van der Waals surface area (Å²) in [6.07, 6.45) is 4.19. The van der Waals surface area contributed by atoms with Crippen molar-refractivity contribution in [2.75, 3.05) is 14.2 Å². The fraction of sp³-hybridized carbons (Fsp3) is 0.333. The van der Waals surface area contributed by atoms with E-state index in [4.69, 9.17) is 9.47 Å². The van der Waals surface area contributed by atoms with Crippen LogP contribution in [0.15, 0.2) is 36.7 Å². The molecular formula is C18H20N2O3. The highest BCUT2D eigenvalue weighted by molar-refractivity contribution is 5.87. The third-order valence-corrected chi connectivity index (χ3v) is 4.33. The summed E-state index contributed by atoms with van der Waals surface area (Å²) in [5, 5.41) is 3.12. The van der Waals surface area contributed by atoms with Gasteiger partial charge in [-0.05, 0) is 47.4 Å². The lowest BCUT2D eigenvalue weighted by Gasteiger charge is -2.32. The first-order valence-corrected chi connectivity index (χ1v) is 7.65. The van der Waals surface area contributed by atoms with Crippen LogP contribution in [0.25, 0.3) is 0 Å². The maximum Gasteiger partial charge on any atom is 0.228 e. The Kier molecular flexibility index (Phi) is 4.19. The average molecular weight is 312 g/mol. The van der Waals surface area contributed by atoms with Crippen LogP contribution in [-0.4, -0.2) is 25.1 Å². The molecule has 5 nitrogen and oxygen atoms in total. The molecular weight excluding hydrogens is 292 g/mol. The maximum atomic E-state index is 12.5. The maximum absolute atomic E-state index is 12.5. The summed E-state index contributed by atoms with van der Waals surface area (Å²) in [7, 11) is 3.22. The summed E-state index contributed by atoms with van der Waals surface area (Å²) in [6, 6.07) is 7.51. The molecule has 1 aromatic heterocycles. The predicted molar refractivity (Wildman–Crippen MR) is 86.8 cm³/mol. The van der Waals surface area contributed by atoms with Crippen molar-refractivity contribution in [1.29, 1.82) is 0 Å². The van der Waals surface area contributed by atoms with E-state index in [1.165, 1.54) is 0 Å². The Labute approximate surface area is 135 Å². The highest BCUT2D eigenvalue weighted by Gasteiger charge is 2.34. The van der Waals surface area contributed by atoms with Crippen molar-refractivity contribution in [2.24, 2.45) is 0 Å². The fourth-order valence-corrected chi connectivity index (χ4v) is 3.15. The van der Waals surface area contributed by atoms with Crippen LogP contribution in [0.5, 0.6) is 11.5 Å². The highest BCUT2D eigenvalue weighted by atomic mass is 16.5. The first-order chi connectivity index (χ1) is 11.2. The van der Waals surface area contributed by atoms with Gasteiger partial charge in [-0.25, -0.2) is 0 Å². The van der Waals surface area contributed by atoms with Crippen LogP contribution >= 0.6 is 0 Å². The van der Waals surface area contributed by atoms with E-state index in [9.17, 15) is 4.79 Å². The van der Waals surface area contributed by atoms with Crippen molar-refractivity contribution in [3.63, 3.8) is 0 Å². The predicted octanol–water partition coefficient (Wildman–Crippen LogP) is 2.81. The molecule has 1 N–H and O–H groups in total. The summed E-state index contributed by atoms with van der Waals surface area (Å²) < 4.78 is 10.8. The standard InChI is InChI=1S/C18H20N2O3/c1-4-12-13-9-15(22-2)16(23-3)10-14(13)17(20-18(12)21)11-5-7-19-8-6-11/h5-10,12,17H,4H2,1-3H3,(H,20,21). The van der Waals surface area contributed by atoms with Gasteiger partial charge in [0.2, 0.25) is 5.91 Å². The first kappa shape index (κ1) is 15.3. The van der Waals surface area contributed by atoms with Gasteiger partial charge in [-0.3, -0.25) is 9.78 Å². The molecule has 2 aromatic rings. The van der Waals surface area contributed by atoms with E-state index >= 15 is 0 Å². The van der Waals surface area contributed by atoms with Crippen molar-refractivity contribution in [2.45, 2.75) is 25.3 Å². The Morgan fingerprint density at radius 3 is 2.26 bits per heavy atom. The van der Waals surface area contributed by atoms with E-state index in [2.05, 4.69) is 10.3 Å². The molecule has 0 saturated heterocycles. The van der Waals surface area contributed by atoms with Crippen LogP contribution in [0.3, 0.4) is 0 Å². The Morgan fingerprint density at radius 1 is 1.09 bits per heavy atom. The number of hydrogen-bond acceptors (Lipinski definition) is 4. The van der Waals surface area contributed by atoms with Crippen LogP contribution in [0.2, 0.25) is 0 Å². The van der Waals surface area contributed by atoms with Crippen LogP contribution in [0, 0.1) is 0 Å². The molecule has 2 atom stereocenters. The average Bonchev–Trinajstić information content (AvgIpc) is 2.60. The van der Waals surface area contributed by atoms with Gasteiger partial charge in [0.1, 0.15) is 0 Å². The molecule has 120 valence electrons. The molecule has 1 aliphatic rings. The van der Waals surface area contributed by atoms with Gasteiger partial charge in [-0.2, -0.15) is 0 Å². The van der Waals surface area contributed by atoms with E-state index in [0.29, 0.717) is 11.5 Å². The number of methoxy groups -OCH3 is 2. The third kappa shape index (κ3) is 2.63. The Morgan fingerprint density at radius 2 is 1.70 bits per heavy atom. The molecule has 0 spiro atoms. The number of amides is 1. The molecule has 1 amide bonds. The molecule has 0 fully saturated rings. The topological polar surface area (TPSA) is 60.5 Å². The van der Waals surface area contributed by atoms with E-state index in [-0.39, 0.29) is 17.9 Å². The van der Waals surface area contributed by atoms with Gasteiger partial charge in [0.05, 0.1) is 26.2 Å². The molecule has 23 heavy (non-hydrogen) atoms. The summed E-state index contributed by atoms with van der Waals surface area (Å²) in [5.74, 6) is 1.17. The van der Waals surface area contributed by atoms with E-state index < -0.39 is 0 Å². The van der Waals surface area contributed by atoms with Crippen LogP contribution in [0.4, 0.5) is 0 Å². The highest BCUT2D eigenvalue weighted by Crippen LogP contribution is 2.42. The van der Waals surface area contributed by atoms with Crippen molar-refractivity contribution in [3.05, 3.63) is 53.3 Å². The van der Waals surface area contributed by atoms with Crippen LogP contribution < -0.4 is 14.8 Å². The zero-order chi connectivity index (χ0) is 16.4. The van der Waals surface area contributed by atoms with Gasteiger partial charge in [-0.1, -0.05) is 6.92 Å². The van der Waals surface area contributed by atoms with Gasteiger partial charge in [-0.15, -0.1) is 0 Å². The lowest BCUT2D eigenvalue weighted by Crippen LogP contribution is -2.39. The summed E-state index contributed by atoms with van der Waals surface area (Å²) in [5.41, 5.74) is 3.03. The van der Waals surface area contributed by atoms with Crippen LogP contribution in [-0.2, 0) is 4.79 Å². The molecule has 0 bridgehead atoms. The largest absolute Gasteiger partial charge is 0.493 e. The van der Waals surface area contributed by atoms with Crippen molar-refractivity contribution < 1.29 is 14.3 Å². The number of carbonyl (C=O) groups excluding carboxylic acids is 1. The van der Waals surface area contributed by atoms with E-state index in [0.717, 1.165) is 23.1 Å². The van der Waals surface area contributed by atoms with Gasteiger partial charge >= 0.3 is 0 Å². The number of benzene rings is 1. The molecule has 1 aliphatic heterocycles. The zero-order valence-electron chi connectivity index (χ0n) is 13.5. The molecule has 5 heteroatoms. The Bertz CT molecular complexity index is 716. The van der Waals surface area contributed by atoms with E-state index in [1.807, 2.05) is 31.2 Å². The molecule has 0 radical (unpaired) electrons. The lowest BCUT2D eigenvalue weighted by molar-refractivity contribution is -0.123. The van der Waals surface area contributed by atoms with Gasteiger partial charge in [0.15, 0.2) is 11.5 Å². The first-order valence-electron chi connectivity index (χ1n) is 7.65. The minimum absolute atomic E-state index is 0.0361. The zero-order valence-corrected chi connectivity index (χ0v) is 13.5. The molecule has 2 unspecified atom stereocenters. The van der Waals surface area contributed by atoms with Gasteiger partial charge in [0.25, 0.3) is 0 Å². The van der Waals surface area contributed by atoms with Crippen LogP contribution in [0.1, 0.15) is 42.0 Å². The van der Waals surface area contributed by atoms with Crippen molar-refractivity contribution >= 4 is 5.91 Å². The number of hydrogen-bond donors (Lipinski definition) is 1. The summed E-state index contributed by atoms with van der Waals surface area (Å²) >= 11 is 0. The van der Waals surface area contributed by atoms with Crippen molar-refractivity contribution in [1.82, 2.24) is 10.3 Å². The number of pyridine rings is 1. The number of rotatable bonds is 4. The number of carbonyl (C=O) groups is 1. The Balaban J connectivity index is 2.19. The Hall–Kier alpha value is -2.56. The minimum Gasteiger partial charge on any atom is -0.493 e. The second-order valence-electron chi connectivity index (χ2n) is 5.52. The van der Waals surface area contributed by atoms with Crippen molar-refractivity contribution in [3.8, 4) is 11.5 Å². The van der Waals surface area contributed by atoms with Gasteiger partial charge in [0, 0.05) is 12.4 Å². The normalized spacial score (nSPS) is 19.7. The quantitative estimate of drug-likeness (QED) is 0.943. The van der Waals surface area contributed by atoms with E-state index in [1.54, 1.807) is 26.6 Å². The molecule has 0 aliphatic carbocycles. The second-order valence-corrected chi connectivity index (χ2v) is 5.52. The minimum atomic E-state index is -0.205. The SMILES string of the molecule is CCC1C(=O)NC(c2ccncc2)c2cc(OC)c(OC)cc21. The monoisotopic (exact) mass is 312 g/mol. The second kappa shape index (κ2) is 6.28. The fourth-order valence-electron chi connectivity index (χ4n) is 3.15. The molecule has 0 saturated carbocycles. The molecule has 2 heterocycles.